The first kappa shape index (κ1) is 15.2. The van der Waals surface area contributed by atoms with E-state index in [1.54, 1.807) is 23.1 Å². The Labute approximate surface area is 128 Å². The van der Waals surface area contributed by atoms with Gasteiger partial charge >= 0.3 is 0 Å². The Morgan fingerprint density at radius 2 is 2.20 bits per heavy atom. The topological polar surface area (TPSA) is 48.1 Å². The van der Waals surface area contributed by atoms with Crippen LogP contribution in [0.5, 0.6) is 5.75 Å². The number of benzene rings is 1. The first-order valence-electron chi connectivity index (χ1n) is 6.81. The Hall–Kier alpha value is -1.20. The van der Waals surface area contributed by atoms with Crippen molar-refractivity contribution in [2.75, 3.05) is 12.3 Å². The Kier molecular flexibility index (Phi) is 5.73. The van der Waals surface area contributed by atoms with Gasteiger partial charge in [0.1, 0.15) is 5.75 Å². The normalized spacial score (nSPS) is 10.7. The van der Waals surface area contributed by atoms with Crippen molar-refractivity contribution in [3.05, 3.63) is 34.3 Å². The van der Waals surface area contributed by atoms with Crippen molar-refractivity contribution in [3.63, 3.8) is 0 Å². The number of thiazole rings is 1. The Bertz CT molecular complexity index is 555. The fourth-order valence-electron chi connectivity index (χ4n) is 1.79. The molecule has 2 N–H and O–H groups in total. The van der Waals surface area contributed by atoms with Gasteiger partial charge in [0, 0.05) is 21.7 Å². The summed E-state index contributed by atoms with van der Waals surface area (Å²) in [6, 6.07) is 5.81. The predicted octanol–water partition coefficient (Wildman–Crippen LogP) is 4.37. The fraction of sp³-hybridized carbons (Fsp3) is 0.400. The van der Waals surface area contributed by atoms with Crippen LogP contribution in [0.15, 0.2) is 28.5 Å². The summed E-state index contributed by atoms with van der Waals surface area (Å²) in [6.45, 7) is 4.82. The van der Waals surface area contributed by atoms with E-state index in [0.717, 1.165) is 40.6 Å². The van der Waals surface area contributed by atoms with Gasteiger partial charge in [-0.25, -0.2) is 4.98 Å². The summed E-state index contributed by atoms with van der Waals surface area (Å²) < 4.78 is 5.51. The number of nitrogens with two attached hydrogens (primary N) is 1. The highest BCUT2D eigenvalue weighted by molar-refractivity contribution is 7.98. The van der Waals surface area contributed by atoms with E-state index in [0.29, 0.717) is 6.61 Å². The summed E-state index contributed by atoms with van der Waals surface area (Å²) in [5.74, 6) is 1.72. The van der Waals surface area contributed by atoms with Gasteiger partial charge < -0.3 is 10.5 Å². The van der Waals surface area contributed by atoms with Gasteiger partial charge in [0.2, 0.25) is 0 Å². The SMILES string of the molecule is CCCc1nc(CSc2cc(OCC)ccc2N)cs1. The number of thioether (sulfide) groups is 1. The Balaban J connectivity index is 2.00. The average Bonchev–Trinajstić information content (AvgIpc) is 2.88. The number of ether oxygens (including phenoxy) is 1. The van der Waals surface area contributed by atoms with Crippen LogP contribution in [0.25, 0.3) is 0 Å². The molecule has 0 fully saturated rings. The molecule has 3 nitrogen and oxygen atoms in total. The minimum atomic E-state index is 0.667. The molecule has 0 aliphatic rings. The standard InChI is InChI=1S/C15H20N2OS2/c1-3-5-15-17-11(10-20-15)9-19-14-8-12(18-4-2)6-7-13(14)16/h6-8,10H,3-5,9,16H2,1-2H3. The van der Waals surface area contributed by atoms with E-state index in [1.807, 2.05) is 25.1 Å². The second-order valence-corrected chi connectivity index (χ2v) is 6.36. The molecule has 1 aromatic carbocycles. The van der Waals surface area contributed by atoms with E-state index in [-0.39, 0.29) is 0 Å². The smallest absolute Gasteiger partial charge is 0.120 e. The Morgan fingerprint density at radius 1 is 1.35 bits per heavy atom. The highest BCUT2D eigenvalue weighted by Gasteiger charge is 2.06. The van der Waals surface area contributed by atoms with Crippen molar-refractivity contribution >= 4 is 28.8 Å². The van der Waals surface area contributed by atoms with Crippen molar-refractivity contribution in [1.82, 2.24) is 4.98 Å². The maximum absolute atomic E-state index is 6.01. The molecule has 0 unspecified atom stereocenters. The minimum Gasteiger partial charge on any atom is -0.494 e. The first-order chi connectivity index (χ1) is 9.72. The lowest BCUT2D eigenvalue weighted by molar-refractivity contribution is 0.339. The molecule has 1 heterocycles. The summed E-state index contributed by atoms with van der Waals surface area (Å²) in [7, 11) is 0. The van der Waals surface area contributed by atoms with Gasteiger partial charge in [-0.15, -0.1) is 23.1 Å². The summed E-state index contributed by atoms with van der Waals surface area (Å²) in [6.07, 6.45) is 2.21. The van der Waals surface area contributed by atoms with E-state index in [9.17, 15) is 0 Å². The van der Waals surface area contributed by atoms with Crippen LogP contribution in [0.1, 0.15) is 31.0 Å². The van der Waals surface area contributed by atoms with Crippen molar-refractivity contribution < 1.29 is 4.74 Å². The lowest BCUT2D eigenvalue weighted by Gasteiger charge is -2.08. The van der Waals surface area contributed by atoms with E-state index in [4.69, 9.17) is 10.5 Å². The predicted molar refractivity (Wildman–Crippen MR) is 87.7 cm³/mol. The number of aromatic nitrogens is 1. The molecule has 0 radical (unpaired) electrons. The molecule has 0 atom stereocenters. The summed E-state index contributed by atoms with van der Waals surface area (Å²) in [4.78, 5) is 5.69. The van der Waals surface area contributed by atoms with Crippen LogP contribution in [0.3, 0.4) is 0 Å². The van der Waals surface area contributed by atoms with Crippen molar-refractivity contribution in [2.45, 2.75) is 37.3 Å². The largest absolute Gasteiger partial charge is 0.494 e. The summed E-state index contributed by atoms with van der Waals surface area (Å²) in [5, 5.41) is 3.36. The zero-order chi connectivity index (χ0) is 14.4. The molecule has 20 heavy (non-hydrogen) atoms. The molecular weight excluding hydrogens is 288 g/mol. The van der Waals surface area contributed by atoms with Crippen LogP contribution >= 0.6 is 23.1 Å². The molecule has 1 aromatic heterocycles. The van der Waals surface area contributed by atoms with Gasteiger partial charge in [-0.05, 0) is 38.0 Å². The molecule has 0 aliphatic heterocycles. The second-order valence-electron chi connectivity index (χ2n) is 4.40. The molecular formula is C15H20N2OS2. The molecule has 0 saturated carbocycles. The molecule has 0 aliphatic carbocycles. The van der Waals surface area contributed by atoms with Gasteiger partial charge in [0.25, 0.3) is 0 Å². The molecule has 2 aromatic rings. The number of rotatable bonds is 7. The molecule has 0 spiro atoms. The van der Waals surface area contributed by atoms with Crippen molar-refractivity contribution in [1.29, 1.82) is 0 Å². The number of nitrogens with zero attached hydrogens (tertiary/aromatic N) is 1. The monoisotopic (exact) mass is 308 g/mol. The number of anilines is 1. The average molecular weight is 308 g/mol. The van der Waals surface area contributed by atoms with Gasteiger partial charge in [0.15, 0.2) is 0 Å². The number of nitrogen functional groups attached to an aromatic ring is 1. The van der Waals surface area contributed by atoms with Gasteiger partial charge in [-0.1, -0.05) is 6.92 Å². The third-order valence-corrected chi connectivity index (χ3v) is 4.80. The van der Waals surface area contributed by atoms with Crippen LogP contribution in [0, 0.1) is 0 Å². The third kappa shape index (κ3) is 4.15. The number of hydrogen-bond acceptors (Lipinski definition) is 5. The molecule has 108 valence electrons. The van der Waals surface area contributed by atoms with Crippen LogP contribution in [-0.4, -0.2) is 11.6 Å². The van der Waals surface area contributed by atoms with E-state index >= 15 is 0 Å². The second kappa shape index (κ2) is 7.55. The summed E-state index contributed by atoms with van der Waals surface area (Å²) >= 11 is 3.46. The molecule has 5 heteroatoms. The van der Waals surface area contributed by atoms with Crippen LogP contribution < -0.4 is 10.5 Å². The zero-order valence-corrected chi connectivity index (χ0v) is 13.5. The van der Waals surface area contributed by atoms with E-state index in [2.05, 4.69) is 17.3 Å². The molecule has 0 bridgehead atoms. The van der Waals surface area contributed by atoms with Crippen molar-refractivity contribution in [2.24, 2.45) is 0 Å². The van der Waals surface area contributed by atoms with E-state index in [1.165, 1.54) is 5.01 Å². The lowest BCUT2D eigenvalue weighted by Crippen LogP contribution is -1.94. The van der Waals surface area contributed by atoms with Crippen LogP contribution in [0.4, 0.5) is 5.69 Å². The molecule has 2 rings (SSSR count). The highest BCUT2D eigenvalue weighted by atomic mass is 32.2. The van der Waals surface area contributed by atoms with Crippen molar-refractivity contribution in [3.8, 4) is 5.75 Å². The molecule has 0 amide bonds. The van der Waals surface area contributed by atoms with Gasteiger partial charge in [-0.3, -0.25) is 0 Å². The molecule has 0 saturated heterocycles. The number of hydrogen-bond donors (Lipinski definition) is 1. The third-order valence-electron chi connectivity index (χ3n) is 2.73. The summed E-state index contributed by atoms with van der Waals surface area (Å²) in [5.41, 5.74) is 7.93. The van der Waals surface area contributed by atoms with Crippen LogP contribution in [-0.2, 0) is 12.2 Å². The van der Waals surface area contributed by atoms with Gasteiger partial charge in [0.05, 0.1) is 17.3 Å². The minimum absolute atomic E-state index is 0.667. The fourth-order valence-corrected chi connectivity index (χ4v) is 3.68. The lowest BCUT2D eigenvalue weighted by atomic mass is 10.3. The maximum atomic E-state index is 6.01. The van der Waals surface area contributed by atoms with E-state index < -0.39 is 0 Å². The highest BCUT2D eigenvalue weighted by Crippen LogP contribution is 2.31. The quantitative estimate of drug-likeness (QED) is 0.609. The number of aryl methyl sites for hydroxylation is 1. The van der Waals surface area contributed by atoms with Gasteiger partial charge in [-0.2, -0.15) is 0 Å². The first-order valence-corrected chi connectivity index (χ1v) is 8.67. The maximum Gasteiger partial charge on any atom is 0.120 e. The van der Waals surface area contributed by atoms with Crippen LogP contribution in [0.2, 0.25) is 0 Å². The zero-order valence-electron chi connectivity index (χ0n) is 11.9. The Morgan fingerprint density at radius 3 is 2.95 bits per heavy atom.